The molecular weight excluding hydrogens is 351 g/mol. The first kappa shape index (κ1) is 18.7. The van der Waals surface area contributed by atoms with Gasteiger partial charge in [-0.15, -0.1) is 0 Å². The van der Waals surface area contributed by atoms with E-state index in [2.05, 4.69) is 5.32 Å². The molecule has 0 bridgehead atoms. The number of anilines is 1. The number of likely N-dealkylation sites (N-methyl/N-ethyl adjacent to an activating group) is 1. The minimum Gasteiger partial charge on any atom is -0.497 e. The van der Waals surface area contributed by atoms with Crippen molar-refractivity contribution in [3.63, 3.8) is 0 Å². The van der Waals surface area contributed by atoms with Crippen LogP contribution in [0.25, 0.3) is 0 Å². The van der Waals surface area contributed by atoms with E-state index in [4.69, 9.17) is 9.47 Å². The third-order valence-electron chi connectivity index (χ3n) is 4.63. The van der Waals surface area contributed by atoms with Gasteiger partial charge >= 0.3 is 0 Å². The lowest BCUT2D eigenvalue weighted by molar-refractivity contribution is -0.134. The number of amides is 2. The average Bonchev–Trinajstić information content (AvgIpc) is 2.66. The fourth-order valence-electron chi connectivity index (χ4n) is 3.24. The van der Waals surface area contributed by atoms with Gasteiger partial charge in [-0.05, 0) is 29.8 Å². The quantitative estimate of drug-likeness (QED) is 0.876. The number of ether oxygens (including phenoxy) is 2. The molecule has 0 aliphatic carbocycles. The molecule has 27 heavy (non-hydrogen) atoms. The molecule has 2 aromatic carbocycles. The zero-order valence-corrected chi connectivity index (χ0v) is 15.4. The SMILES string of the molecule is COc1ccc(CN(C)C(=O)C2CC(=O)Nc3cc(F)ccc32)c(OC)c1. The van der Waals surface area contributed by atoms with E-state index >= 15 is 0 Å². The third-order valence-corrected chi connectivity index (χ3v) is 4.63. The molecule has 2 amide bonds. The number of nitrogens with zero attached hydrogens (tertiary/aromatic N) is 1. The van der Waals surface area contributed by atoms with Crippen molar-refractivity contribution in [1.82, 2.24) is 4.90 Å². The van der Waals surface area contributed by atoms with Gasteiger partial charge in [0, 0.05) is 37.3 Å². The van der Waals surface area contributed by atoms with Crippen LogP contribution in [-0.4, -0.2) is 38.0 Å². The van der Waals surface area contributed by atoms with Crippen LogP contribution in [0.5, 0.6) is 11.5 Å². The van der Waals surface area contributed by atoms with Gasteiger partial charge in [0.25, 0.3) is 0 Å². The maximum atomic E-state index is 13.5. The number of carbonyl (C=O) groups is 2. The maximum absolute atomic E-state index is 13.5. The van der Waals surface area contributed by atoms with Crippen LogP contribution in [0.15, 0.2) is 36.4 Å². The molecule has 1 N–H and O–H groups in total. The van der Waals surface area contributed by atoms with Crippen molar-refractivity contribution in [2.75, 3.05) is 26.6 Å². The van der Waals surface area contributed by atoms with Crippen LogP contribution >= 0.6 is 0 Å². The minimum absolute atomic E-state index is 0.0293. The summed E-state index contributed by atoms with van der Waals surface area (Å²) < 4.78 is 24.0. The highest BCUT2D eigenvalue weighted by Crippen LogP contribution is 2.34. The van der Waals surface area contributed by atoms with Gasteiger partial charge in [0.15, 0.2) is 0 Å². The Kier molecular flexibility index (Phi) is 5.30. The molecule has 7 heteroatoms. The van der Waals surface area contributed by atoms with E-state index in [0.717, 1.165) is 5.56 Å². The Morgan fingerprint density at radius 1 is 1.22 bits per heavy atom. The highest BCUT2D eigenvalue weighted by atomic mass is 19.1. The first-order valence-corrected chi connectivity index (χ1v) is 8.48. The van der Waals surface area contributed by atoms with Gasteiger partial charge in [0.1, 0.15) is 17.3 Å². The standard InChI is InChI=1S/C20H21FN2O4/c1-23(11-12-4-6-14(26-2)9-18(12)27-3)20(25)16-10-19(24)22-17-8-13(21)5-7-15(16)17/h4-9,16H,10-11H2,1-3H3,(H,22,24). The van der Waals surface area contributed by atoms with Gasteiger partial charge in [-0.2, -0.15) is 0 Å². The van der Waals surface area contributed by atoms with E-state index in [-0.39, 0.29) is 18.2 Å². The van der Waals surface area contributed by atoms with Crippen LogP contribution in [0, 0.1) is 5.82 Å². The lowest BCUT2D eigenvalue weighted by Crippen LogP contribution is -2.36. The summed E-state index contributed by atoms with van der Waals surface area (Å²) in [6.07, 6.45) is 0.0293. The number of methoxy groups -OCH3 is 2. The van der Waals surface area contributed by atoms with Crippen molar-refractivity contribution in [2.24, 2.45) is 0 Å². The summed E-state index contributed by atoms with van der Waals surface area (Å²) in [7, 11) is 4.79. The molecule has 3 rings (SSSR count). The Labute approximate surface area is 156 Å². The molecule has 0 spiro atoms. The number of rotatable bonds is 5. The number of benzene rings is 2. The predicted molar refractivity (Wildman–Crippen MR) is 98.4 cm³/mol. The number of halogens is 1. The summed E-state index contributed by atoms with van der Waals surface area (Å²) in [5.41, 5.74) is 1.78. The minimum atomic E-state index is -0.649. The highest BCUT2D eigenvalue weighted by molar-refractivity contribution is 6.01. The largest absolute Gasteiger partial charge is 0.497 e. The Morgan fingerprint density at radius 3 is 2.70 bits per heavy atom. The maximum Gasteiger partial charge on any atom is 0.230 e. The fraction of sp³-hybridized carbons (Fsp3) is 0.300. The number of carbonyl (C=O) groups excluding carboxylic acids is 2. The van der Waals surface area contributed by atoms with Gasteiger partial charge in [0.2, 0.25) is 11.8 Å². The van der Waals surface area contributed by atoms with Gasteiger partial charge in [-0.3, -0.25) is 9.59 Å². The molecule has 1 heterocycles. The molecule has 1 aliphatic heterocycles. The van der Waals surface area contributed by atoms with Crippen molar-refractivity contribution in [3.8, 4) is 11.5 Å². The van der Waals surface area contributed by atoms with Crippen molar-refractivity contribution < 1.29 is 23.5 Å². The highest BCUT2D eigenvalue weighted by Gasteiger charge is 2.32. The van der Waals surface area contributed by atoms with Gasteiger partial charge < -0.3 is 19.7 Å². The third kappa shape index (κ3) is 3.86. The van der Waals surface area contributed by atoms with Gasteiger partial charge in [-0.25, -0.2) is 4.39 Å². The van der Waals surface area contributed by atoms with Crippen molar-refractivity contribution in [2.45, 2.75) is 18.9 Å². The molecule has 0 saturated heterocycles. The molecule has 0 fully saturated rings. The summed E-state index contributed by atoms with van der Waals surface area (Å²) in [5.74, 6) is -0.359. The van der Waals surface area contributed by atoms with Gasteiger partial charge in [0.05, 0.1) is 20.1 Å². The molecule has 6 nitrogen and oxygen atoms in total. The molecule has 0 aromatic heterocycles. The van der Waals surface area contributed by atoms with E-state index in [1.807, 2.05) is 6.07 Å². The van der Waals surface area contributed by atoms with E-state index in [1.54, 1.807) is 44.4 Å². The molecule has 2 aromatic rings. The Hall–Kier alpha value is -3.09. The summed E-state index contributed by atoms with van der Waals surface area (Å²) >= 11 is 0. The molecule has 142 valence electrons. The van der Waals surface area contributed by atoms with Crippen LogP contribution < -0.4 is 14.8 Å². The monoisotopic (exact) mass is 372 g/mol. The number of nitrogens with one attached hydrogen (secondary N) is 1. The van der Waals surface area contributed by atoms with Crippen molar-refractivity contribution in [1.29, 1.82) is 0 Å². The second-order valence-corrected chi connectivity index (χ2v) is 6.41. The van der Waals surface area contributed by atoms with Crippen molar-refractivity contribution in [3.05, 3.63) is 53.3 Å². The molecule has 0 saturated carbocycles. The van der Waals surface area contributed by atoms with E-state index in [0.29, 0.717) is 29.3 Å². The second kappa shape index (κ2) is 7.65. The van der Waals surface area contributed by atoms with E-state index in [1.165, 1.54) is 12.1 Å². The number of hydrogen-bond donors (Lipinski definition) is 1. The van der Waals surface area contributed by atoms with Crippen LogP contribution in [0.3, 0.4) is 0 Å². The summed E-state index contributed by atoms with van der Waals surface area (Å²) in [5, 5.41) is 2.62. The van der Waals surface area contributed by atoms with E-state index < -0.39 is 11.7 Å². The summed E-state index contributed by atoms with van der Waals surface area (Å²) in [4.78, 5) is 26.5. The van der Waals surface area contributed by atoms with Gasteiger partial charge in [-0.1, -0.05) is 6.07 Å². The van der Waals surface area contributed by atoms with E-state index in [9.17, 15) is 14.0 Å². The Morgan fingerprint density at radius 2 is 2.00 bits per heavy atom. The van der Waals surface area contributed by atoms with Crippen LogP contribution in [0.1, 0.15) is 23.5 Å². The smallest absolute Gasteiger partial charge is 0.230 e. The number of fused-ring (bicyclic) bond motifs is 1. The lowest BCUT2D eigenvalue weighted by atomic mass is 9.89. The molecule has 0 radical (unpaired) electrons. The predicted octanol–water partition coefficient (Wildman–Crippen LogP) is 2.93. The Balaban J connectivity index is 1.83. The van der Waals surface area contributed by atoms with Crippen molar-refractivity contribution >= 4 is 17.5 Å². The Bertz CT molecular complexity index is 884. The normalized spacial score (nSPS) is 15.6. The lowest BCUT2D eigenvalue weighted by Gasteiger charge is -2.29. The molecule has 1 unspecified atom stereocenters. The van der Waals surface area contributed by atoms with Crippen LogP contribution in [0.2, 0.25) is 0 Å². The molecule has 1 atom stereocenters. The molecular formula is C20H21FN2O4. The fourth-order valence-corrected chi connectivity index (χ4v) is 3.24. The van der Waals surface area contributed by atoms with Crippen LogP contribution in [-0.2, 0) is 16.1 Å². The first-order valence-electron chi connectivity index (χ1n) is 8.48. The zero-order chi connectivity index (χ0) is 19.6. The second-order valence-electron chi connectivity index (χ2n) is 6.41. The van der Waals surface area contributed by atoms with Crippen LogP contribution in [0.4, 0.5) is 10.1 Å². The average molecular weight is 372 g/mol. The number of hydrogen-bond acceptors (Lipinski definition) is 4. The summed E-state index contributed by atoms with van der Waals surface area (Å²) in [6.45, 7) is 0.306. The summed E-state index contributed by atoms with van der Waals surface area (Å²) in [6, 6.07) is 9.46. The topological polar surface area (TPSA) is 67.9 Å². The first-order chi connectivity index (χ1) is 12.9. The zero-order valence-electron chi connectivity index (χ0n) is 15.4. The molecule has 1 aliphatic rings.